The summed E-state index contributed by atoms with van der Waals surface area (Å²) in [4.78, 5) is 0.224. The summed E-state index contributed by atoms with van der Waals surface area (Å²) in [6, 6.07) is 14.3. The quantitative estimate of drug-likeness (QED) is 0.818. The molecule has 25 heavy (non-hydrogen) atoms. The second-order valence-electron chi connectivity index (χ2n) is 6.29. The lowest BCUT2D eigenvalue weighted by Gasteiger charge is -2.26. The predicted molar refractivity (Wildman–Crippen MR) is 96.4 cm³/mol. The van der Waals surface area contributed by atoms with E-state index in [1.54, 1.807) is 18.2 Å². The topological polar surface area (TPSA) is 55.8 Å². The average molecular weight is 361 g/mol. The van der Waals surface area contributed by atoms with Gasteiger partial charge in [0.05, 0.1) is 18.1 Å². The SMILES string of the molecule is CC(C)N(Cc1ccccc1)S(=O)(=O)c1ccc2c(c1)OCCCO2. The van der Waals surface area contributed by atoms with Gasteiger partial charge in [0.1, 0.15) is 0 Å². The summed E-state index contributed by atoms with van der Waals surface area (Å²) in [5, 5.41) is 0. The monoisotopic (exact) mass is 361 g/mol. The van der Waals surface area contributed by atoms with E-state index in [2.05, 4.69) is 0 Å². The number of ether oxygens (including phenoxy) is 2. The molecule has 0 N–H and O–H groups in total. The van der Waals surface area contributed by atoms with E-state index in [4.69, 9.17) is 9.47 Å². The van der Waals surface area contributed by atoms with E-state index in [0.717, 1.165) is 12.0 Å². The molecule has 2 aromatic rings. The lowest BCUT2D eigenvalue weighted by Crippen LogP contribution is -2.36. The molecule has 1 heterocycles. The van der Waals surface area contributed by atoms with Gasteiger partial charge in [-0.3, -0.25) is 0 Å². The highest BCUT2D eigenvalue weighted by Gasteiger charge is 2.28. The second kappa shape index (κ2) is 7.45. The molecule has 0 amide bonds. The van der Waals surface area contributed by atoms with Gasteiger partial charge in [0, 0.05) is 25.1 Å². The van der Waals surface area contributed by atoms with Gasteiger partial charge in [-0.25, -0.2) is 8.42 Å². The van der Waals surface area contributed by atoms with E-state index in [1.165, 1.54) is 4.31 Å². The van der Waals surface area contributed by atoms with Crippen molar-refractivity contribution in [3.63, 3.8) is 0 Å². The molecule has 0 saturated carbocycles. The first-order valence-corrected chi connectivity index (χ1v) is 9.88. The van der Waals surface area contributed by atoms with Crippen molar-refractivity contribution in [2.75, 3.05) is 13.2 Å². The van der Waals surface area contributed by atoms with Crippen LogP contribution < -0.4 is 9.47 Å². The fraction of sp³-hybridized carbons (Fsp3) is 0.368. The van der Waals surface area contributed by atoms with Crippen LogP contribution >= 0.6 is 0 Å². The lowest BCUT2D eigenvalue weighted by atomic mass is 10.2. The third-order valence-corrected chi connectivity index (χ3v) is 6.10. The molecular weight excluding hydrogens is 338 g/mol. The highest BCUT2D eigenvalue weighted by atomic mass is 32.2. The first-order valence-electron chi connectivity index (χ1n) is 8.44. The van der Waals surface area contributed by atoms with Crippen molar-refractivity contribution >= 4 is 10.0 Å². The molecule has 0 fully saturated rings. The Labute approximate surface area is 149 Å². The molecule has 134 valence electrons. The first kappa shape index (κ1) is 17.8. The van der Waals surface area contributed by atoms with Gasteiger partial charge in [0.2, 0.25) is 10.0 Å². The normalized spacial score (nSPS) is 14.6. The van der Waals surface area contributed by atoms with E-state index in [1.807, 2.05) is 44.2 Å². The Bertz CT molecular complexity index is 819. The Balaban J connectivity index is 1.94. The fourth-order valence-electron chi connectivity index (χ4n) is 2.75. The van der Waals surface area contributed by atoms with Crippen LogP contribution in [0.25, 0.3) is 0 Å². The molecule has 0 unspecified atom stereocenters. The van der Waals surface area contributed by atoms with E-state index in [9.17, 15) is 8.42 Å². The van der Waals surface area contributed by atoms with E-state index < -0.39 is 10.0 Å². The van der Waals surface area contributed by atoms with Crippen molar-refractivity contribution < 1.29 is 17.9 Å². The minimum Gasteiger partial charge on any atom is -0.490 e. The van der Waals surface area contributed by atoms with E-state index in [-0.39, 0.29) is 10.9 Å². The molecule has 0 aliphatic carbocycles. The summed E-state index contributed by atoms with van der Waals surface area (Å²) in [5.41, 5.74) is 0.953. The molecule has 0 aromatic heterocycles. The van der Waals surface area contributed by atoms with Gasteiger partial charge in [-0.15, -0.1) is 0 Å². The van der Waals surface area contributed by atoms with E-state index in [0.29, 0.717) is 31.3 Å². The number of hydrogen-bond donors (Lipinski definition) is 0. The summed E-state index contributed by atoms with van der Waals surface area (Å²) in [5.74, 6) is 1.08. The van der Waals surface area contributed by atoms with Gasteiger partial charge in [0.15, 0.2) is 11.5 Å². The second-order valence-corrected chi connectivity index (χ2v) is 8.18. The van der Waals surface area contributed by atoms with Crippen LogP contribution in [0.2, 0.25) is 0 Å². The Morgan fingerprint density at radius 3 is 2.36 bits per heavy atom. The van der Waals surface area contributed by atoms with Crippen LogP contribution in [-0.2, 0) is 16.6 Å². The van der Waals surface area contributed by atoms with Crippen molar-refractivity contribution in [2.45, 2.75) is 37.8 Å². The van der Waals surface area contributed by atoms with Crippen LogP contribution in [0.15, 0.2) is 53.4 Å². The molecule has 6 heteroatoms. The Morgan fingerprint density at radius 1 is 1.00 bits per heavy atom. The van der Waals surface area contributed by atoms with Crippen LogP contribution in [0.1, 0.15) is 25.8 Å². The van der Waals surface area contributed by atoms with Gasteiger partial charge in [-0.2, -0.15) is 4.31 Å². The smallest absolute Gasteiger partial charge is 0.243 e. The van der Waals surface area contributed by atoms with Gasteiger partial charge < -0.3 is 9.47 Å². The maximum Gasteiger partial charge on any atom is 0.243 e. The number of rotatable bonds is 5. The molecule has 0 atom stereocenters. The first-order chi connectivity index (χ1) is 12.0. The Hall–Kier alpha value is -2.05. The molecular formula is C19H23NO4S. The molecule has 1 aliphatic heterocycles. The number of sulfonamides is 1. The van der Waals surface area contributed by atoms with Crippen molar-refractivity contribution in [1.82, 2.24) is 4.31 Å². The number of benzene rings is 2. The van der Waals surface area contributed by atoms with Crippen molar-refractivity contribution in [1.29, 1.82) is 0 Å². The predicted octanol–water partition coefficient (Wildman–Crippen LogP) is 3.45. The minimum atomic E-state index is -3.65. The number of nitrogens with zero attached hydrogens (tertiary/aromatic N) is 1. The largest absolute Gasteiger partial charge is 0.490 e. The summed E-state index contributed by atoms with van der Waals surface area (Å²) < 4.78 is 39.1. The highest BCUT2D eigenvalue weighted by Crippen LogP contribution is 2.33. The maximum absolute atomic E-state index is 13.2. The molecule has 0 bridgehead atoms. The average Bonchev–Trinajstić information content (AvgIpc) is 2.85. The third-order valence-electron chi connectivity index (χ3n) is 4.08. The minimum absolute atomic E-state index is 0.166. The van der Waals surface area contributed by atoms with Crippen LogP contribution in [0, 0.1) is 0 Å². The molecule has 3 rings (SSSR count). The standard InChI is InChI=1S/C19H23NO4S/c1-15(2)20(14-16-7-4-3-5-8-16)25(21,22)17-9-10-18-19(13-17)24-12-6-11-23-18/h3-5,7-10,13,15H,6,11-12,14H2,1-2H3. The summed E-state index contributed by atoms with van der Waals surface area (Å²) in [7, 11) is -3.65. The molecule has 0 saturated heterocycles. The maximum atomic E-state index is 13.2. The van der Waals surface area contributed by atoms with Crippen LogP contribution in [0.4, 0.5) is 0 Å². The molecule has 0 radical (unpaired) electrons. The zero-order chi connectivity index (χ0) is 17.9. The van der Waals surface area contributed by atoms with Crippen molar-refractivity contribution in [2.24, 2.45) is 0 Å². The van der Waals surface area contributed by atoms with Gasteiger partial charge >= 0.3 is 0 Å². The van der Waals surface area contributed by atoms with Gasteiger partial charge in [-0.1, -0.05) is 30.3 Å². The number of fused-ring (bicyclic) bond motifs is 1. The number of hydrogen-bond acceptors (Lipinski definition) is 4. The Kier molecular flexibility index (Phi) is 5.30. The zero-order valence-corrected chi connectivity index (χ0v) is 15.3. The fourth-order valence-corrected chi connectivity index (χ4v) is 4.39. The third kappa shape index (κ3) is 3.96. The zero-order valence-electron chi connectivity index (χ0n) is 14.5. The summed E-state index contributed by atoms with van der Waals surface area (Å²) in [6.07, 6.45) is 0.781. The van der Waals surface area contributed by atoms with Gasteiger partial charge in [0.25, 0.3) is 0 Å². The van der Waals surface area contributed by atoms with Crippen molar-refractivity contribution in [3.05, 3.63) is 54.1 Å². The van der Waals surface area contributed by atoms with Crippen LogP contribution in [0.3, 0.4) is 0 Å². The Morgan fingerprint density at radius 2 is 1.68 bits per heavy atom. The molecule has 0 spiro atoms. The van der Waals surface area contributed by atoms with Crippen molar-refractivity contribution in [3.8, 4) is 11.5 Å². The summed E-state index contributed by atoms with van der Waals surface area (Å²) in [6.45, 7) is 5.18. The highest BCUT2D eigenvalue weighted by molar-refractivity contribution is 7.89. The molecule has 5 nitrogen and oxygen atoms in total. The van der Waals surface area contributed by atoms with Crippen LogP contribution in [-0.4, -0.2) is 32.0 Å². The van der Waals surface area contributed by atoms with E-state index >= 15 is 0 Å². The van der Waals surface area contributed by atoms with Crippen LogP contribution in [0.5, 0.6) is 11.5 Å². The lowest BCUT2D eigenvalue weighted by molar-refractivity contribution is 0.296. The molecule has 1 aliphatic rings. The van der Waals surface area contributed by atoms with Gasteiger partial charge in [-0.05, 0) is 31.5 Å². The molecule has 2 aromatic carbocycles. The summed E-state index contributed by atoms with van der Waals surface area (Å²) >= 11 is 0.